The molecule has 2 saturated heterocycles. The summed E-state index contributed by atoms with van der Waals surface area (Å²) >= 11 is 0. The minimum absolute atomic E-state index is 0.107. The number of ether oxygens (including phenoxy) is 4. The first-order valence-electron chi connectivity index (χ1n) is 13.4. The van der Waals surface area contributed by atoms with Gasteiger partial charge in [-0.25, -0.2) is 19.7 Å². The molecular formula is C27H33N7O6. The van der Waals surface area contributed by atoms with E-state index in [4.69, 9.17) is 29.2 Å². The summed E-state index contributed by atoms with van der Waals surface area (Å²) in [5, 5.41) is 23.9. The van der Waals surface area contributed by atoms with Gasteiger partial charge in [0, 0.05) is 44.1 Å². The van der Waals surface area contributed by atoms with Crippen LogP contribution in [0, 0.1) is 11.3 Å². The number of anilines is 1. The third kappa shape index (κ3) is 6.38. The van der Waals surface area contributed by atoms with Gasteiger partial charge in [-0.3, -0.25) is 9.47 Å². The van der Waals surface area contributed by atoms with Crippen molar-refractivity contribution in [2.45, 2.75) is 38.1 Å². The zero-order chi connectivity index (χ0) is 27.9. The summed E-state index contributed by atoms with van der Waals surface area (Å²) < 4.78 is 23.8. The number of pyridine rings is 2. The van der Waals surface area contributed by atoms with E-state index in [-0.39, 0.29) is 19.3 Å². The van der Waals surface area contributed by atoms with Crippen LogP contribution < -0.4 is 5.32 Å². The summed E-state index contributed by atoms with van der Waals surface area (Å²) in [5.41, 5.74) is 2.04. The maximum Gasteiger partial charge on any atom is 0.350 e. The minimum atomic E-state index is -1.10. The third-order valence-electron chi connectivity index (χ3n) is 6.88. The van der Waals surface area contributed by atoms with Crippen LogP contribution in [0.3, 0.4) is 0 Å². The number of hydrogen-bond acceptors (Lipinski definition) is 12. The Hall–Kier alpha value is -3.67. The quantitative estimate of drug-likeness (QED) is 0.351. The molecule has 0 saturated carbocycles. The second-order valence-corrected chi connectivity index (χ2v) is 9.53. The Labute approximate surface area is 231 Å². The van der Waals surface area contributed by atoms with Gasteiger partial charge in [-0.05, 0) is 38.0 Å². The first-order chi connectivity index (χ1) is 19.6. The van der Waals surface area contributed by atoms with E-state index in [9.17, 15) is 9.90 Å². The van der Waals surface area contributed by atoms with Crippen LogP contribution in [0.5, 0.6) is 0 Å². The number of aliphatic hydroxyl groups is 1. The maximum atomic E-state index is 12.7. The number of hydrogen-bond donors (Lipinski definition) is 2. The first-order valence-corrected chi connectivity index (χ1v) is 13.4. The lowest BCUT2D eigenvalue weighted by Crippen LogP contribution is -2.49. The molecule has 5 rings (SSSR count). The number of nitriles is 1. The highest BCUT2D eigenvalue weighted by atomic mass is 16.6. The van der Waals surface area contributed by atoms with Crippen molar-refractivity contribution in [3.8, 4) is 11.9 Å². The average molecular weight is 552 g/mol. The molecule has 0 aliphatic carbocycles. The number of carbonyl (C=O) groups is 1. The van der Waals surface area contributed by atoms with E-state index in [1.165, 1.54) is 6.20 Å². The van der Waals surface area contributed by atoms with E-state index in [0.717, 1.165) is 12.8 Å². The zero-order valence-corrected chi connectivity index (χ0v) is 22.4. The molecule has 2 N–H and O–H groups in total. The number of nitrogens with one attached hydrogen (secondary N) is 1. The zero-order valence-electron chi connectivity index (χ0n) is 22.4. The number of morpholine rings is 1. The van der Waals surface area contributed by atoms with E-state index < -0.39 is 18.3 Å². The van der Waals surface area contributed by atoms with Crippen molar-refractivity contribution in [1.82, 2.24) is 24.4 Å². The van der Waals surface area contributed by atoms with E-state index >= 15 is 0 Å². The van der Waals surface area contributed by atoms with Gasteiger partial charge in [0.15, 0.2) is 5.65 Å². The molecule has 0 aromatic carbocycles. The van der Waals surface area contributed by atoms with Gasteiger partial charge >= 0.3 is 5.97 Å². The van der Waals surface area contributed by atoms with Gasteiger partial charge in [0.1, 0.15) is 35.7 Å². The van der Waals surface area contributed by atoms with E-state index in [0.29, 0.717) is 73.4 Å². The Kier molecular flexibility index (Phi) is 9.15. The van der Waals surface area contributed by atoms with Crippen LogP contribution >= 0.6 is 0 Å². The molecule has 40 heavy (non-hydrogen) atoms. The highest BCUT2D eigenvalue weighted by molar-refractivity contribution is 5.77. The molecule has 2 aliphatic rings. The minimum Gasteiger partial charge on any atom is -0.463 e. The van der Waals surface area contributed by atoms with Crippen LogP contribution in [-0.4, -0.2) is 100 Å². The van der Waals surface area contributed by atoms with Gasteiger partial charge in [-0.1, -0.05) is 0 Å². The molecule has 0 radical (unpaired) electrons. The number of carbonyl (C=O) groups excluding carboxylic acids is 1. The molecule has 3 aromatic rings. The summed E-state index contributed by atoms with van der Waals surface area (Å²) in [7, 11) is 0. The summed E-state index contributed by atoms with van der Waals surface area (Å²) in [6, 6.07) is 7.35. The number of aromatic nitrogens is 4. The van der Waals surface area contributed by atoms with Crippen molar-refractivity contribution in [3.05, 3.63) is 41.9 Å². The highest BCUT2D eigenvalue weighted by Crippen LogP contribution is 2.29. The number of aliphatic hydroxyl groups excluding tert-OH is 1. The number of nitrogens with zero attached hydrogens (tertiary/aromatic N) is 6. The Morgan fingerprint density at radius 2 is 2.00 bits per heavy atom. The predicted molar refractivity (Wildman–Crippen MR) is 143 cm³/mol. The van der Waals surface area contributed by atoms with Crippen molar-refractivity contribution in [2.75, 3.05) is 58.0 Å². The van der Waals surface area contributed by atoms with Gasteiger partial charge in [-0.2, -0.15) is 5.26 Å². The Balaban J connectivity index is 1.43. The second-order valence-electron chi connectivity index (χ2n) is 9.53. The van der Waals surface area contributed by atoms with E-state index in [2.05, 4.69) is 21.4 Å². The van der Waals surface area contributed by atoms with Crippen LogP contribution in [0.15, 0.2) is 30.7 Å². The lowest BCUT2D eigenvalue weighted by molar-refractivity contribution is -0.179. The fraction of sp³-hybridized carbons (Fsp3) is 0.519. The molecule has 0 spiro atoms. The molecule has 2 aliphatic heterocycles. The molecule has 212 valence electrons. The fourth-order valence-electron chi connectivity index (χ4n) is 4.74. The topological polar surface area (TPSA) is 157 Å². The van der Waals surface area contributed by atoms with Crippen LogP contribution in [0.1, 0.15) is 37.0 Å². The first kappa shape index (κ1) is 27.9. The normalized spacial score (nSPS) is 18.2. The van der Waals surface area contributed by atoms with Gasteiger partial charge in [0.2, 0.25) is 6.23 Å². The molecule has 13 heteroatoms. The molecule has 13 nitrogen and oxygen atoms in total. The third-order valence-corrected chi connectivity index (χ3v) is 6.88. The monoisotopic (exact) mass is 551 g/mol. The number of fused-ring (bicyclic) bond motifs is 1. The lowest BCUT2D eigenvalue weighted by atomic mass is 10.1. The van der Waals surface area contributed by atoms with Crippen molar-refractivity contribution in [3.63, 3.8) is 0 Å². The molecule has 5 heterocycles. The molecule has 3 aromatic heterocycles. The van der Waals surface area contributed by atoms with Gasteiger partial charge in [0.25, 0.3) is 0 Å². The Bertz CT molecular complexity index is 1330. The smallest absolute Gasteiger partial charge is 0.350 e. The second kappa shape index (κ2) is 13.1. The summed E-state index contributed by atoms with van der Waals surface area (Å²) in [6.07, 6.45) is 2.63. The summed E-state index contributed by atoms with van der Waals surface area (Å²) in [6.45, 7) is 5.08. The largest absolute Gasteiger partial charge is 0.463 e. The lowest BCUT2D eigenvalue weighted by Gasteiger charge is -2.33. The van der Waals surface area contributed by atoms with Crippen LogP contribution in [0.4, 0.5) is 5.82 Å². The van der Waals surface area contributed by atoms with Gasteiger partial charge in [0.05, 0.1) is 32.0 Å². The number of rotatable bonds is 10. The van der Waals surface area contributed by atoms with Crippen LogP contribution in [-0.2, 0) is 23.7 Å². The highest BCUT2D eigenvalue weighted by Gasteiger charge is 2.31. The van der Waals surface area contributed by atoms with Crippen molar-refractivity contribution in [2.24, 2.45) is 0 Å². The number of imidazole rings is 1. The Morgan fingerprint density at radius 3 is 2.70 bits per heavy atom. The van der Waals surface area contributed by atoms with Crippen LogP contribution in [0.25, 0.3) is 17.0 Å². The summed E-state index contributed by atoms with van der Waals surface area (Å²) in [4.78, 5) is 28.3. The van der Waals surface area contributed by atoms with Crippen molar-refractivity contribution >= 4 is 23.0 Å². The van der Waals surface area contributed by atoms with Crippen molar-refractivity contribution < 1.29 is 28.8 Å². The summed E-state index contributed by atoms with van der Waals surface area (Å²) in [5.74, 6) is 0.551. The van der Waals surface area contributed by atoms with E-state index in [1.54, 1.807) is 36.0 Å². The molecule has 0 amide bonds. The SMILES string of the molecule is CCOC(=O)C(OCC(O)c1cc2ncn(-c3ccc(C#N)cn3)c2nc1NC1CCOCC1)N1CCOCC1. The predicted octanol–water partition coefficient (Wildman–Crippen LogP) is 1.55. The fourth-order valence-corrected chi connectivity index (χ4v) is 4.74. The van der Waals surface area contributed by atoms with Crippen molar-refractivity contribution in [1.29, 1.82) is 5.26 Å². The molecule has 2 fully saturated rings. The average Bonchev–Trinajstić information content (AvgIpc) is 3.41. The Morgan fingerprint density at radius 1 is 1.23 bits per heavy atom. The molecule has 0 bridgehead atoms. The molecule has 2 atom stereocenters. The van der Waals surface area contributed by atoms with Gasteiger partial charge in [-0.15, -0.1) is 0 Å². The molecular weight excluding hydrogens is 518 g/mol. The van der Waals surface area contributed by atoms with Crippen LogP contribution in [0.2, 0.25) is 0 Å². The standard InChI is InChI=1S/C27H33N7O6/c1-2-39-27(36)26(33-7-11-38-12-8-33)40-16-22(35)20-13-21-25(32-24(20)31-19-5-9-37-10-6-19)34(17-30-21)23-4-3-18(14-28)15-29-23/h3-4,13,15,17,19,22,26,35H,2,5-12,16H2,1H3,(H,31,32). The molecule has 2 unspecified atom stereocenters. The van der Waals surface area contributed by atoms with E-state index in [1.807, 2.05) is 4.90 Å². The maximum absolute atomic E-state index is 12.7. The number of esters is 1. The van der Waals surface area contributed by atoms with Gasteiger partial charge < -0.3 is 29.4 Å².